The van der Waals surface area contributed by atoms with Crippen molar-refractivity contribution in [3.63, 3.8) is 0 Å². The van der Waals surface area contributed by atoms with E-state index in [0.717, 1.165) is 6.07 Å². The number of hydrogen-bond donors (Lipinski definition) is 0. The summed E-state index contributed by atoms with van der Waals surface area (Å²) in [6.07, 6.45) is -2.97. The molecule has 0 heterocycles. The molecule has 1 aromatic rings. The molecule has 6 heteroatoms. The second-order valence-corrected chi connectivity index (χ2v) is 3.65. The van der Waals surface area contributed by atoms with Crippen LogP contribution in [0.3, 0.4) is 0 Å². The summed E-state index contributed by atoms with van der Waals surface area (Å²) < 4.78 is 35.4. The van der Waals surface area contributed by atoms with Gasteiger partial charge in [-0.15, -0.1) is 0 Å². The Bertz CT molecular complexity index is 509. The molecule has 0 unspecified atom stereocenters. The molecule has 1 aromatic carbocycles. The molecule has 4 nitrogen and oxygen atoms in total. The average molecular weight is 269 g/mol. The number of esters is 1. The first kappa shape index (κ1) is 14.9. The number of halogens is 2. The predicted molar refractivity (Wildman–Crippen MR) is 63.0 cm³/mol. The highest BCUT2D eigenvalue weighted by molar-refractivity contribution is 5.74. The molecule has 0 N–H and O–H groups in total. The van der Waals surface area contributed by atoms with Gasteiger partial charge in [-0.2, -0.15) is 5.26 Å². The second kappa shape index (κ2) is 6.69. The van der Waals surface area contributed by atoms with Gasteiger partial charge in [-0.3, -0.25) is 4.79 Å². The van der Waals surface area contributed by atoms with Crippen LogP contribution in [0.15, 0.2) is 12.1 Å². The van der Waals surface area contributed by atoms with Gasteiger partial charge in [-0.25, -0.2) is 8.78 Å². The minimum absolute atomic E-state index is 0.167. The molecule has 0 saturated heterocycles. The summed E-state index contributed by atoms with van der Waals surface area (Å²) in [6, 6.07) is 4.00. The largest absolute Gasteiger partial charge is 0.496 e. The Kier molecular flexibility index (Phi) is 5.24. The highest BCUT2D eigenvalue weighted by Gasteiger charge is 2.19. The molecule has 0 atom stereocenters. The smallest absolute Gasteiger partial charge is 0.310 e. The van der Waals surface area contributed by atoms with Crippen LogP contribution in [-0.4, -0.2) is 19.7 Å². The minimum Gasteiger partial charge on any atom is -0.496 e. The molecular formula is C13H13F2NO3. The number of carbonyl (C=O) groups excluding carboxylic acids is 1. The predicted octanol–water partition coefficient (Wildman–Crippen LogP) is 2.61. The molecule has 0 fully saturated rings. The fraction of sp³-hybridized carbons (Fsp3) is 0.385. The van der Waals surface area contributed by atoms with Crippen LogP contribution in [0, 0.1) is 11.3 Å². The van der Waals surface area contributed by atoms with Crippen LogP contribution < -0.4 is 4.74 Å². The summed E-state index contributed by atoms with van der Waals surface area (Å²) in [5.41, 5.74) is -0.308. The van der Waals surface area contributed by atoms with E-state index in [2.05, 4.69) is 0 Å². The summed E-state index contributed by atoms with van der Waals surface area (Å²) in [5.74, 6) is -0.320. The quantitative estimate of drug-likeness (QED) is 0.771. The topological polar surface area (TPSA) is 59.3 Å². The van der Waals surface area contributed by atoms with E-state index in [-0.39, 0.29) is 29.9 Å². The fourth-order valence-electron chi connectivity index (χ4n) is 1.62. The molecule has 0 aliphatic heterocycles. The number of alkyl halides is 2. The Morgan fingerprint density at radius 2 is 2.16 bits per heavy atom. The molecule has 0 spiro atoms. The third-order valence-corrected chi connectivity index (χ3v) is 2.45. The zero-order valence-corrected chi connectivity index (χ0v) is 10.6. The van der Waals surface area contributed by atoms with Crippen molar-refractivity contribution < 1.29 is 23.0 Å². The molecule has 0 aliphatic carbocycles. The van der Waals surface area contributed by atoms with E-state index in [0.29, 0.717) is 0 Å². The van der Waals surface area contributed by atoms with E-state index >= 15 is 0 Å². The molecule has 19 heavy (non-hydrogen) atoms. The van der Waals surface area contributed by atoms with Crippen molar-refractivity contribution in [2.45, 2.75) is 19.8 Å². The van der Waals surface area contributed by atoms with E-state index < -0.39 is 18.0 Å². The van der Waals surface area contributed by atoms with Gasteiger partial charge in [0.25, 0.3) is 6.43 Å². The molecule has 1 rings (SSSR count). The highest BCUT2D eigenvalue weighted by atomic mass is 19.3. The Labute approximate surface area is 109 Å². The third kappa shape index (κ3) is 3.65. The number of rotatable bonds is 5. The van der Waals surface area contributed by atoms with Crippen LogP contribution in [0.25, 0.3) is 0 Å². The zero-order chi connectivity index (χ0) is 14.4. The third-order valence-electron chi connectivity index (χ3n) is 2.45. The first-order chi connectivity index (χ1) is 9.03. The molecule has 0 aliphatic rings. The van der Waals surface area contributed by atoms with Crippen LogP contribution in [0.1, 0.15) is 30.0 Å². The van der Waals surface area contributed by atoms with Crippen LogP contribution in [0.2, 0.25) is 0 Å². The first-order valence-corrected chi connectivity index (χ1v) is 5.58. The molecule has 102 valence electrons. The molecule has 0 saturated carbocycles. The Morgan fingerprint density at radius 1 is 1.47 bits per heavy atom. The molecule has 0 amide bonds. The summed E-state index contributed by atoms with van der Waals surface area (Å²) in [7, 11) is 1.34. The lowest BCUT2D eigenvalue weighted by molar-refractivity contribution is -0.142. The number of benzene rings is 1. The molecule has 0 radical (unpaired) electrons. The zero-order valence-electron chi connectivity index (χ0n) is 10.6. The highest BCUT2D eigenvalue weighted by Crippen LogP contribution is 2.30. The maximum absolute atomic E-state index is 12.8. The van der Waals surface area contributed by atoms with Crippen LogP contribution in [0.5, 0.6) is 5.75 Å². The molecule has 0 bridgehead atoms. The van der Waals surface area contributed by atoms with Crippen molar-refractivity contribution in [1.82, 2.24) is 0 Å². The van der Waals surface area contributed by atoms with Gasteiger partial charge in [-0.1, -0.05) is 0 Å². The van der Waals surface area contributed by atoms with E-state index in [1.165, 1.54) is 13.2 Å². The van der Waals surface area contributed by atoms with E-state index in [1.54, 1.807) is 13.0 Å². The van der Waals surface area contributed by atoms with Gasteiger partial charge in [0, 0.05) is 11.1 Å². The SMILES string of the molecule is CCOC(=O)Cc1cc(C(F)F)c(C#N)cc1OC. The van der Waals surface area contributed by atoms with Gasteiger partial charge in [0.1, 0.15) is 5.75 Å². The van der Waals surface area contributed by atoms with Crippen molar-refractivity contribution in [3.8, 4) is 11.8 Å². The first-order valence-electron chi connectivity index (χ1n) is 5.58. The van der Waals surface area contributed by atoms with Crippen molar-refractivity contribution >= 4 is 5.97 Å². The Balaban J connectivity index is 3.19. The number of nitrogens with zero attached hydrogens (tertiary/aromatic N) is 1. The number of methoxy groups -OCH3 is 1. The maximum atomic E-state index is 12.8. The molecule has 0 aromatic heterocycles. The van der Waals surface area contributed by atoms with Crippen molar-refractivity contribution in [2.24, 2.45) is 0 Å². The maximum Gasteiger partial charge on any atom is 0.310 e. The van der Waals surface area contributed by atoms with Crippen LogP contribution in [-0.2, 0) is 16.0 Å². The van der Waals surface area contributed by atoms with Crippen LogP contribution in [0.4, 0.5) is 8.78 Å². The summed E-state index contributed by atoms with van der Waals surface area (Å²) >= 11 is 0. The number of carbonyl (C=O) groups is 1. The van der Waals surface area contributed by atoms with Crippen molar-refractivity contribution in [1.29, 1.82) is 5.26 Å². The fourth-order valence-corrected chi connectivity index (χ4v) is 1.62. The van der Waals surface area contributed by atoms with Gasteiger partial charge in [0.05, 0.1) is 31.8 Å². The Hall–Kier alpha value is -2.16. The van der Waals surface area contributed by atoms with Crippen LogP contribution >= 0.6 is 0 Å². The second-order valence-electron chi connectivity index (χ2n) is 3.65. The normalized spacial score (nSPS) is 10.1. The summed E-state index contributed by atoms with van der Waals surface area (Å²) in [5, 5.41) is 8.81. The van der Waals surface area contributed by atoms with Gasteiger partial charge in [0.15, 0.2) is 0 Å². The number of nitriles is 1. The lowest BCUT2D eigenvalue weighted by Crippen LogP contribution is -2.09. The lowest BCUT2D eigenvalue weighted by atomic mass is 10.0. The van der Waals surface area contributed by atoms with Gasteiger partial charge in [-0.05, 0) is 19.1 Å². The van der Waals surface area contributed by atoms with Crippen molar-refractivity contribution in [3.05, 3.63) is 28.8 Å². The van der Waals surface area contributed by atoms with E-state index in [4.69, 9.17) is 14.7 Å². The van der Waals surface area contributed by atoms with E-state index in [1.807, 2.05) is 0 Å². The summed E-state index contributed by atoms with van der Waals surface area (Å²) in [6.45, 7) is 1.86. The van der Waals surface area contributed by atoms with E-state index in [9.17, 15) is 13.6 Å². The summed E-state index contributed by atoms with van der Waals surface area (Å²) in [4.78, 5) is 11.4. The number of ether oxygens (including phenoxy) is 2. The molecular weight excluding hydrogens is 256 g/mol. The minimum atomic E-state index is -2.79. The number of hydrogen-bond acceptors (Lipinski definition) is 4. The standard InChI is InChI=1S/C13H13F2NO3/c1-3-19-12(17)6-8-4-10(13(14)15)9(7-16)5-11(8)18-2/h4-5,13H,3,6H2,1-2H3. The van der Waals surface area contributed by atoms with Gasteiger partial charge in [0.2, 0.25) is 0 Å². The van der Waals surface area contributed by atoms with Crippen molar-refractivity contribution in [2.75, 3.05) is 13.7 Å². The monoisotopic (exact) mass is 269 g/mol. The van der Waals surface area contributed by atoms with Gasteiger partial charge < -0.3 is 9.47 Å². The van der Waals surface area contributed by atoms with Gasteiger partial charge >= 0.3 is 5.97 Å². The lowest BCUT2D eigenvalue weighted by Gasteiger charge is -2.12. The average Bonchev–Trinajstić information content (AvgIpc) is 2.38. The Morgan fingerprint density at radius 3 is 2.63 bits per heavy atom.